The summed E-state index contributed by atoms with van der Waals surface area (Å²) in [6.07, 6.45) is 0.948. The van der Waals surface area contributed by atoms with E-state index in [1.165, 1.54) is 0 Å². The van der Waals surface area contributed by atoms with E-state index >= 15 is 0 Å². The zero-order valence-electron chi connectivity index (χ0n) is 11.3. The van der Waals surface area contributed by atoms with Crippen LogP contribution in [0.25, 0.3) is 0 Å². The second-order valence-electron chi connectivity index (χ2n) is 4.09. The van der Waals surface area contributed by atoms with E-state index in [1.54, 1.807) is 21.3 Å². The lowest BCUT2D eigenvalue weighted by Crippen LogP contribution is -2.33. The monoisotopic (exact) mass is 252 g/mol. The summed E-state index contributed by atoms with van der Waals surface area (Å²) in [5.41, 5.74) is 1.91. The summed E-state index contributed by atoms with van der Waals surface area (Å²) < 4.78 is 10.6. The molecule has 0 bridgehead atoms. The maximum atomic E-state index is 11.5. The number of methoxy groups -OCH3 is 2. The number of ether oxygens (including phenoxy) is 2. The second kappa shape index (κ2) is 6.26. The molecule has 0 radical (unpaired) electrons. The van der Waals surface area contributed by atoms with Gasteiger partial charge < -0.3 is 9.47 Å². The first-order valence-electron chi connectivity index (χ1n) is 5.73. The minimum absolute atomic E-state index is 0.106. The van der Waals surface area contributed by atoms with Gasteiger partial charge in [-0.3, -0.25) is 9.80 Å². The summed E-state index contributed by atoms with van der Waals surface area (Å²) in [6.45, 7) is 1.93. The van der Waals surface area contributed by atoms with E-state index in [4.69, 9.17) is 15.3 Å². The smallest absolute Gasteiger partial charge is 0.236 e. The summed E-state index contributed by atoms with van der Waals surface area (Å²) in [5.74, 6) is 6.81. The van der Waals surface area contributed by atoms with Crippen molar-refractivity contribution in [3.05, 3.63) is 23.3 Å². The third-order valence-electron chi connectivity index (χ3n) is 2.86. The molecule has 1 aromatic carbocycles. The molecule has 0 fully saturated rings. The van der Waals surface area contributed by atoms with Crippen LogP contribution in [0.5, 0.6) is 11.5 Å². The normalized spacial score (nSPS) is 10.1. The van der Waals surface area contributed by atoms with Crippen molar-refractivity contribution in [3.8, 4) is 11.5 Å². The highest BCUT2D eigenvalue weighted by molar-refractivity contribution is 5.75. The van der Waals surface area contributed by atoms with Crippen LogP contribution < -0.4 is 15.3 Å². The molecule has 0 aliphatic rings. The zero-order valence-corrected chi connectivity index (χ0v) is 11.3. The minimum atomic E-state index is -0.106. The van der Waals surface area contributed by atoms with Crippen molar-refractivity contribution >= 4 is 5.91 Å². The average Bonchev–Trinajstić information content (AvgIpc) is 2.35. The molecule has 0 heterocycles. The van der Waals surface area contributed by atoms with Gasteiger partial charge in [0.1, 0.15) is 11.5 Å². The predicted molar refractivity (Wildman–Crippen MR) is 69.6 cm³/mol. The topological polar surface area (TPSA) is 64.8 Å². The fourth-order valence-electron chi connectivity index (χ4n) is 1.85. The highest BCUT2D eigenvalue weighted by Crippen LogP contribution is 2.31. The first-order valence-corrected chi connectivity index (χ1v) is 5.73. The molecule has 5 heteroatoms. The number of hydrogen-bond acceptors (Lipinski definition) is 4. The van der Waals surface area contributed by atoms with Gasteiger partial charge in [-0.05, 0) is 25.0 Å². The van der Waals surface area contributed by atoms with E-state index in [1.807, 2.05) is 19.1 Å². The van der Waals surface area contributed by atoms with E-state index in [0.29, 0.717) is 12.8 Å². The molecule has 0 aromatic heterocycles. The standard InChI is InChI=1S/C13H20N2O3/c1-9-11(17-3)7-5-10(13(9)18-4)6-8-12(16)15(2)14/h5,7H,6,8,14H2,1-4H3. The molecular weight excluding hydrogens is 232 g/mol. The average molecular weight is 252 g/mol. The van der Waals surface area contributed by atoms with E-state index in [-0.39, 0.29) is 5.91 Å². The SMILES string of the molecule is COc1ccc(CCC(=O)N(C)N)c(OC)c1C. The predicted octanol–water partition coefficient (Wildman–Crippen LogP) is 1.28. The molecule has 0 aliphatic heterocycles. The largest absolute Gasteiger partial charge is 0.496 e. The number of aryl methyl sites for hydroxylation is 1. The maximum Gasteiger partial charge on any atom is 0.236 e. The number of carbonyl (C=O) groups excluding carboxylic acids is 1. The van der Waals surface area contributed by atoms with Gasteiger partial charge in [-0.2, -0.15) is 0 Å². The van der Waals surface area contributed by atoms with Crippen LogP contribution in [0.3, 0.4) is 0 Å². The summed E-state index contributed by atoms with van der Waals surface area (Å²) in [7, 11) is 4.77. The molecule has 100 valence electrons. The lowest BCUT2D eigenvalue weighted by Gasteiger charge is -2.15. The third kappa shape index (κ3) is 3.13. The van der Waals surface area contributed by atoms with Crippen LogP contribution in [0.1, 0.15) is 17.5 Å². The number of rotatable bonds is 5. The van der Waals surface area contributed by atoms with Crippen LogP contribution in [-0.4, -0.2) is 32.2 Å². The van der Waals surface area contributed by atoms with Gasteiger partial charge in [-0.25, -0.2) is 5.84 Å². The molecule has 1 aromatic rings. The fraction of sp³-hybridized carbons (Fsp3) is 0.462. The quantitative estimate of drug-likeness (QED) is 0.487. The first-order chi connectivity index (χ1) is 8.51. The molecule has 18 heavy (non-hydrogen) atoms. The Morgan fingerprint density at radius 1 is 1.33 bits per heavy atom. The van der Waals surface area contributed by atoms with E-state index in [0.717, 1.165) is 27.6 Å². The molecule has 0 spiro atoms. The Kier molecular flexibility index (Phi) is 4.97. The molecule has 2 N–H and O–H groups in total. The third-order valence-corrected chi connectivity index (χ3v) is 2.86. The number of carbonyl (C=O) groups is 1. The lowest BCUT2D eigenvalue weighted by atomic mass is 10.0. The molecule has 0 atom stereocenters. The summed E-state index contributed by atoms with van der Waals surface area (Å²) in [4.78, 5) is 11.5. The van der Waals surface area contributed by atoms with E-state index in [9.17, 15) is 4.79 Å². The van der Waals surface area contributed by atoms with Crippen molar-refractivity contribution in [2.45, 2.75) is 19.8 Å². The molecule has 1 amide bonds. The van der Waals surface area contributed by atoms with Crippen molar-refractivity contribution in [3.63, 3.8) is 0 Å². The molecule has 5 nitrogen and oxygen atoms in total. The van der Waals surface area contributed by atoms with Gasteiger partial charge in [0.15, 0.2) is 0 Å². The van der Waals surface area contributed by atoms with E-state index < -0.39 is 0 Å². The Balaban J connectivity index is 2.89. The number of amides is 1. The molecular formula is C13H20N2O3. The van der Waals surface area contributed by atoms with Gasteiger partial charge in [0.05, 0.1) is 14.2 Å². The number of hydrogen-bond donors (Lipinski definition) is 1. The summed E-state index contributed by atoms with van der Waals surface area (Å²) in [6, 6.07) is 3.79. The highest BCUT2D eigenvalue weighted by atomic mass is 16.5. The van der Waals surface area contributed by atoms with Crippen LogP contribution in [0.15, 0.2) is 12.1 Å². The fourth-order valence-corrected chi connectivity index (χ4v) is 1.85. The van der Waals surface area contributed by atoms with Crippen molar-refractivity contribution in [2.75, 3.05) is 21.3 Å². The number of hydrazine groups is 1. The lowest BCUT2D eigenvalue weighted by molar-refractivity contribution is -0.130. The Morgan fingerprint density at radius 3 is 2.50 bits per heavy atom. The van der Waals surface area contributed by atoms with Gasteiger partial charge in [0.25, 0.3) is 0 Å². The first kappa shape index (κ1) is 14.3. The van der Waals surface area contributed by atoms with Crippen LogP contribution >= 0.6 is 0 Å². The number of nitrogens with zero attached hydrogens (tertiary/aromatic N) is 1. The Hall–Kier alpha value is -1.75. The second-order valence-corrected chi connectivity index (χ2v) is 4.09. The maximum absolute atomic E-state index is 11.5. The van der Waals surface area contributed by atoms with Gasteiger partial charge >= 0.3 is 0 Å². The van der Waals surface area contributed by atoms with Crippen molar-refractivity contribution in [2.24, 2.45) is 5.84 Å². The van der Waals surface area contributed by atoms with Gasteiger partial charge in [-0.1, -0.05) is 6.07 Å². The Labute approximate surface area is 107 Å². The van der Waals surface area contributed by atoms with Crippen LogP contribution in [0, 0.1) is 6.92 Å². The van der Waals surface area contributed by atoms with Crippen LogP contribution in [-0.2, 0) is 11.2 Å². The molecule has 1 rings (SSSR count). The van der Waals surface area contributed by atoms with Crippen molar-refractivity contribution in [1.82, 2.24) is 5.01 Å². The van der Waals surface area contributed by atoms with Gasteiger partial charge in [0.2, 0.25) is 5.91 Å². The molecule has 0 unspecified atom stereocenters. The van der Waals surface area contributed by atoms with Gasteiger partial charge in [0, 0.05) is 19.0 Å². The molecule has 0 saturated carbocycles. The minimum Gasteiger partial charge on any atom is -0.496 e. The van der Waals surface area contributed by atoms with E-state index in [2.05, 4.69) is 0 Å². The summed E-state index contributed by atoms with van der Waals surface area (Å²) in [5, 5.41) is 1.10. The molecule has 0 aliphatic carbocycles. The Bertz CT molecular complexity index is 430. The number of nitrogens with two attached hydrogens (primary N) is 1. The highest BCUT2D eigenvalue weighted by Gasteiger charge is 2.13. The number of benzene rings is 1. The Morgan fingerprint density at radius 2 is 2.00 bits per heavy atom. The van der Waals surface area contributed by atoms with Crippen LogP contribution in [0.4, 0.5) is 0 Å². The van der Waals surface area contributed by atoms with Gasteiger partial charge in [-0.15, -0.1) is 0 Å². The van der Waals surface area contributed by atoms with Crippen molar-refractivity contribution in [1.29, 1.82) is 0 Å². The molecule has 0 saturated heterocycles. The van der Waals surface area contributed by atoms with Crippen LogP contribution in [0.2, 0.25) is 0 Å². The van der Waals surface area contributed by atoms with Crippen molar-refractivity contribution < 1.29 is 14.3 Å². The summed E-state index contributed by atoms with van der Waals surface area (Å²) >= 11 is 0. The zero-order chi connectivity index (χ0) is 13.7.